The van der Waals surface area contributed by atoms with Gasteiger partial charge in [-0.1, -0.05) is 37.3 Å². The van der Waals surface area contributed by atoms with E-state index < -0.39 is 5.91 Å². The average Bonchev–Trinajstić information content (AvgIpc) is 2.86. The first-order chi connectivity index (χ1) is 17.3. The minimum absolute atomic E-state index is 0.0959. The molecule has 9 heteroatoms. The number of nitrogens with one attached hydrogen (secondary N) is 3. The van der Waals surface area contributed by atoms with Gasteiger partial charge in [0.05, 0.1) is 20.8 Å². The van der Waals surface area contributed by atoms with Crippen LogP contribution in [-0.4, -0.2) is 37.8 Å². The molecule has 2 rings (SSSR count). The van der Waals surface area contributed by atoms with Crippen molar-refractivity contribution in [2.24, 2.45) is 0 Å². The quantitative estimate of drug-likeness (QED) is 0.275. The van der Waals surface area contributed by atoms with Crippen LogP contribution in [0.3, 0.4) is 0 Å². The third-order valence-electron chi connectivity index (χ3n) is 4.93. The smallest absolute Gasteiger partial charge is 0.257 e. The summed E-state index contributed by atoms with van der Waals surface area (Å²) in [6.07, 6.45) is 8.78. The summed E-state index contributed by atoms with van der Waals surface area (Å²) in [5, 5.41) is 8.62. The van der Waals surface area contributed by atoms with Gasteiger partial charge in [-0.05, 0) is 62.3 Å². The Balaban J connectivity index is 2.07. The van der Waals surface area contributed by atoms with Crippen molar-refractivity contribution >= 4 is 40.5 Å². The average molecular weight is 512 g/mol. The number of amides is 2. The van der Waals surface area contributed by atoms with Crippen LogP contribution in [0.25, 0.3) is 0 Å². The Morgan fingerprint density at radius 1 is 0.972 bits per heavy atom. The van der Waals surface area contributed by atoms with Crippen molar-refractivity contribution in [3.05, 3.63) is 65.8 Å². The van der Waals surface area contributed by atoms with E-state index in [0.717, 1.165) is 12.0 Å². The maximum Gasteiger partial charge on any atom is 0.257 e. The van der Waals surface area contributed by atoms with Crippen LogP contribution < -0.4 is 30.2 Å². The summed E-state index contributed by atoms with van der Waals surface area (Å²) >= 11 is 5.32. The zero-order valence-corrected chi connectivity index (χ0v) is 22.1. The van der Waals surface area contributed by atoms with Crippen LogP contribution in [0.1, 0.15) is 42.6 Å². The first kappa shape index (κ1) is 28.4. The molecule has 0 aliphatic carbocycles. The number of rotatable bonds is 11. The number of aryl methyl sites for hydroxylation is 1. The number of hydrogen-bond acceptors (Lipinski definition) is 6. The molecule has 192 valence electrons. The van der Waals surface area contributed by atoms with E-state index in [0.29, 0.717) is 35.2 Å². The molecule has 0 unspecified atom stereocenters. The van der Waals surface area contributed by atoms with E-state index in [9.17, 15) is 9.59 Å². The third kappa shape index (κ3) is 8.42. The van der Waals surface area contributed by atoms with Gasteiger partial charge in [0, 0.05) is 23.4 Å². The summed E-state index contributed by atoms with van der Waals surface area (Å²) in [6, 6.07) is 8.52. The predicted octanol–water partition coefficient (Wildman–Crippen LogP) is 5.39. The molecule has 0 saturated heterocycles. The van der Waals surface area contributed by atoms with Crippen LogP contribution >= 0.6 is 12.2 Å². The molecular formula is C27H33N3O5S. The van der Waals surface area contributed by atoms with Crippen molar-refractivity contribution in [1.29, 1.82) is 0 Å². The normalized spacial score (nSPS) is 10.8. The molecule has 8 nitrogen and oxygen atoms in total. The maximum absolute atomic E-state index is 12.8. The lowest BCUT2D eigenvalue weighted by atomic mass is 10.1. The topological polar surface area (TPSA) is 97.9 Å². The summed E-state index contributed by atoms with van der Waals surface area (Å²) in [4.78, 5) is 25.1. The largest absolute Gasteiger partial charge is 0.493 e. The Bertz CT molecular complexity index is 1120. The molecule has 0 atom stereocenters. The zero-order chi connectivity index (χ0) is 26.5. The first-order valence-corrected chi connectivity index (χ1v) is 12.0. The molecule has 0 aromatic heterocycles. The number of hydrogen-bond donors (Lipinski definition) is 3. The number of thiocarbonyl (C=S) groups is 1. The molecule has 0 spiro atoms. The second-order valence-electron chi connectivity index (χ2n) is 7.60. The minimum Gasteiger partial charge on any atom is -0.493 e. The fourth-order valence-electron chi connectivity index (χ4n) is 3.14. The maximum atomic E-state index is 12.8. The Morgan fingerprint density at radius 2 is 1.64 bits per heavy atom. The van der Waals surface area contributed by atoms with Crippen molar-refractivity contribution in [3.63, 3.8) is 0 Å². The Hall–Kier alpha value is -3.85. The van der Waals surface area contributed by atoms with Gasteiger partial charge in [-0.25, -0.2) is 0 Å². The van der Waals surface area contributed by atoms with Gasteiger partial charge in [-0.3, -0.25) is 14.9 Å². The molecule has 0 bridgehead atoms. The SMILES string of the molecule is CC/C=C\C=C/CC(=O)Nc1cc(NC(=S)NC(=O)c2cc(OC)c(OCC)c(OC)c2)ccc1C. The number of allylic oxidation sites excluding steroid dienone is 3. The molecule has 0 heterocycles. The second-order valence-corrected chi connectivity index (χ2v) is 8.01. The number of anilines is 2. The fraction of sp³-hybridized carbons (Fsp3) is 0.296. The number of ether oxygens (including phenoxy) is 3. The molecular weight excluding hydrogens is 478 g/mol. The fourth-order valence-corrected chi connectivity index (χ4v) is 3.35. The summed E-state index contributed by atoms with van der Waals surface area (Å²) in [7, 11) is 2.97. The van der Waals surface area contributed by atoms with E-state index in [4.69, 9.17) is 26.4 Å². The van der Waals surface area contributed by atoms with Crippen LogP contribution in [0.5, 0.6) is 17.2 Å². The molecule has 0 radical (unpaired) electrons. The van der Waals surface area contributed by atoms with E-state index in [2.05, 4.69) is 16.0 Å². The summed E-state index contributed by atoms with van der Waals surface area (Å²) in [5.41, 5.74) is 2.45. The van der Waals surface area contributed by atoms with Gasteiger partial charge >= 0.3 is 0 Å². The molecule has 0 aliphatic heterocycles. The Labute approximate surface area is 217 Å². The van der Waals surface area contributed by atoms with Crippen LogP contribution in [-0.2, 0) is 4.79 Å². The summed E-state index contributed by atoms with van der Waals surface area (Å²) < 4.78 is 16.3. The van der Waals surface area contributed by atoms with E-state index in [1.807, 2.05) is 51.1 Å². The lowest BCUT2D eigenvalue weighted by Crippen LogP contribution is -2.34. The molecule has 36 heavy (non-hydrogen) atoms. The molecule has 2 aromatic rings. The summed E-state index contributed by atoms with van der Waals surface area (Å²) in [6.45, 7) is 6.20. The van der Waals surface area contributed by atoms with Gasteiger partial charge < -0.3 is 24.8 Å². The van der Waals surface area contributed by atoms with Crippen LogP contribution in [0.4, 0.5) is 11.4 Å². The van der Waals surface area contributed by atoms with Crippen molar-refractivity contribution in [2.75, 3.05) is 31.5 Å². The van der Waals surface area contributed by atoms with Gasteiger partial charge in [-0.2, -0.15) is 0 Å². The van der Waals surface area contributed by atoms with Gasteiger partial charge in [0.15, 0.2) is 16.6 Å². The lowest BCUT2D eigenvalue weighted by Gasteiger charge is -2.16. The highest BCUT2D eigenvalue weighted by molar-refractivity contribution is 7.80. The first-order valence-electron chi connectivity index (χ1n) is 11.6. The van der Waals surface area contributed by atoms with Gasteiger partial charge in [0.2, 0.25) is 11.7 Å². The molecule has 3 N–H and O–H groups in total. The van der Waals surface area contributed by atoms with E-state index in [1.165, 1.54) is 14.2 Å². The van der Waals surface area contributed by atoms with E-state index >= 15 is 0 Å². The van der Waals surface area contributed by atoms with Crippen LogP contribution in [0.15, 0.2) is 54.6 Å². The second kappa shape index (κ2) is 14.5. The van der Waals surface area contributed by atoms with Gasteiger partial charge in [0.25, 0.3) is 5.91 Å². The van der Waals surface area contributed by atoms with Crippen molar-refractivity contribution < 1.29 is 23.8 Å². The molecule has 0 fully saturated rings. The van der Waals surface area contributed by atoms with Crippen LogP contribution in [0.2, 0.25) is 0 Å². The number of carbonyl (C=O) groups excluding carboxylic acids is 2. The Kier molecular flexibility index (Phi) is 11.5. The Morgan fingerprint density at radius 3 is 2.25 bits per heavy atom. The highest BCUT2D eigenvalue weighted by atomic mass is 32.1. The number of carbonyl (C=O) groups is 2. The lowest BCUT2D eigenvalue weighted by molar-refractivity contribution is -0.115. The van der Waals surface area contributed by atoms with E-state index in [-0.39, 0.29) is 23.0 Å². The molecule has 0 saturated carbocycles. The van der Waals surface area contributed by atoms with E-state index in [1.54, 1.807) is 24.3 Å². The third-order valence-corrected chi connectivity index (χ3v) is 5.13. The number of benzene rings is 2. The minimum atomic E-state index is -0.448. The summed E-state index contributed by atoms with van der Waals surface area (Å²) in [5.74, 6) is 0.579. The van der Waals surface area contributed by atoms with Crippen molar-refractivity contribution in [3.8, 4) is 17.2 Å². The van der Waals surface area contributed by atoms with Crippen molar-refractivity contribution in [2.45, 2.75) is 33.6 Å². The zero-order valence-electron chi connectivity index (χ0n) is 21.3. The predicted molar refractivity (Wildman–Crippen MR) is 147 cm³/mol. The van der Waals surface area contributed by atoms with Crippen molar-refractivity contribution in [1.82, 2.24) is 5.32 Å². The molecule has 0 aliphatic rings. The van der Waals surface area contributed by atoms with Crippen LogP contribution in [0, 0.1) is 6.92 Å². The molecule has 2 amide bonds. The highest BCUT2D eigenvalue weighted by Crippen LogP contribution is 2.38. The van der Waals surface area contributed by atoms with Gasteiger partial charge in [0.1, 0.15) is 0 Å². The monoisotopic (exact) mass is 511 g/mol. The number of methoxy groups -OCH3 is 2. The highest BCUT2D eigenvalue weighted by Gasteiger charge is 2.18. The molecule has 2 aromatic carbocycles. The standard InChI is InChI=1S/C27H33N3O5S/c1-6-8-9-10-11-12-24(31)29-21-17-20(14-13-18(21)3)28-27(36)30-26(32)19-15-22(33-4)25(35-7-2)23(16-19)34-5/h8-11,13-17H,6-7,12H2,1-5H3,(H,29,31)(H2,28,30,32,36)/b9-8-,11-10-. The van der Waals surface area contributed by atoms with Gasteiger partial charge in [-0.15, -0.1) is 0 Å².